The largest absolute Gasteiger partial charge is 0.506 e. The van der Waals surface area contributed by atoms with Gasteiger partial charge < -0.3 is 10.2 Å². The maximum atomic E-state index is 13.1. The molecule has 4 bridgehead atoms. The Morgan fingerprint density at radius 1 is 1.15 bits per heavy atom. The molecule has 2 atom stereocenters. The van der Waals surface area contributed by atoms with Crippen LogP contribution in [0.25, 0.3) is 0 Å². The lowest BCUT2D eigenvalue weighted by Crippen LogP contribution is -2.59. The topological polar surface area (TPSA) is 81.9 Å². The molecule has 5 nitrogen and oxygen atoms in total. The van der Waals surface area contributed by atoms with Crippen LogP contribution in [0.4, 0.5) is 0 Å². The smallest absolute Gasteiger partial charge is 0.246 e. The highest BCUT2D eigenvalue weighted by molar-refractivity contribution is 9.11. The molecule has 4 saturated carbocycles. The Hall–Kier alpha value is -1.08. The quantitative estimate of drug-likeness (QED) is 0.401. The molecule has 27 heavy (non-hydrogen) atoms. The highest BCUT2D eigenvalue weighted by Crippen LogP contribution is 2.69. The van der Waals surface area contributed by atoms with Crippen LogP contribution in [0.1, 0.15) is 57.9 Å². The van der Waals surface area contributed by atoms with Gasteiger partial charge in [0.2, 0.25) is 5.91 Å². The van der Waals surface area contributed by atoms with Crippen LogP contribution in [0.5, 0.6) is 11.5 Å². The second kappa shape index (κ2) is 6.21. The van der Waals surface area contributed by atoms with Crippen LogP contribution in [0.15, 0.2) is 20.1 Å². The van der Waals surface area contributed by atoms with Gasteiger partial charge in [0.1, 0.15) is 16.0 Å². The van der Waals surface area contributed by atoms with Crippen LogP contribution >= 0.6 is 31.9 Å². The van der Waals surface area contributed by atoms with E-state index in [0.717, 1.165) is 19.3 Å². The zero-order chi connectivity index (χ0) is 19.6. The van der Waals surface area contributed by atoms with Gasteiger partial charge in [-0.1, -0.05) is 13.8 Å². The predicted molar refractivity (Wildman–Crippen MR) is 111 cm³/mol. The highest BCUT2D eigenvalue weighted by Gasteiger charge is 2.62. The minimum Gasteiger partial charge on any atom is -0.506 e. The number of phenolic OH excluding ortho intramolecular Hbond substituents is 2. The number of hydrazone groups is 1. The molecule has 2 unspecified atom stereocenters. The number of phenols is 2. The molecule has 4 aliphatic carbocycles. The van der Waals surface area contributed by atoms with Gasteiger partial charge in [0, 0.05) is 5.56 Å². The molecule has 1 amide bonds. The zero-order valence-electron chi connectivity index (χ0n) is 15.5. The Bertz CT molecular complexity index is 836. The van der Waals surface area contributed by atoms with Gasteiger partial charge in [0.05, 0.1) is 16.1 Å². The van der Waals surface area contributed by atoms with Crippen LogP contribution in [0.2, 0.25) is 0 Å². The maximum Gasteiger partial charge on any atom is 0.246 e. The van der Waals surface area contributed by atoms with E-state index >= 15 is 0 Å². The summed E-state index contributed by atoms with van der Waals surface area (Å²) in [5.74, 6) is 0.433. The molecule has 146 valence electrons. The number of aromatic hydroxyl groups is 2. The zero-order valence-corrected chi connectivity index (χ0v) is 18.7. The minimum absolute atomic E-state index is 0.00306. The summed E-state index contributed by atoms with van der Waals surface area (Å²) >= 11 is 6.37. The third-order valence-corrected chi connectivity index (χ3v) is 8.03. The van der Waals surface area contributed by atoms with Crippen molar-refractivity contribution in [3.05, 3.63) is 20.6 Å². The van der Waals surface area contributed by atoms with Crippen LogP contribution in [0, 0.1) is 22.2 Å². The van der Waals surface area contributed by atoms with E-state index in [4.69, 9.17) is 0 Å². The number of halogens is 2. The lowest BCUT2D eigenvalue weighted by molar-refractivity contribution is -0.170. The molecule has 0 radical (unpaired) electrons. The van der Waals surface area contributed by atoms with Crippen LogP contribution in [-0.2, 0) is 4.79 Å². The number of benzene rings is 1. The van der Waals surface area contributed by atoms with Crippen molar-refractivity contribution in [2.45, 2.75) is 52.4 Å². The van der Waals surface area contributed by atoms with Gasteiger partial charge in [-0.05, 0) is 93.2 Å². The molecule has 4 fully saturated rings. The Balaban J connectivity index is 1.53. The molecular weight excluding hydrogens is 476 g/mol. The van der Waals surface area contributed by atoms with Crippen LogP contribution in [0.3, 0.4) is 0 Å². The lowest BCUT2D eigenvalue weighted by Gasteiger charge is -2.64. The average molecular weight is 500 g/mol. The number of hydrogen-bond acceptors (Lipinski definition) is 4. The highest BCUT2D eigenvalue weighted by atomic mass is 79.9. The van der Waals surface area contributed by atoms with Crippen molar-refractivity contribution in [1.29, 1.82) is 0 Å². The summed E-state index contributed by atoms with van der Waals surface area (Å²) in [5.41, 5.74) is 3.34. The normalized spacial score (nSPS) is 37.1. The van der Waals surface area contributed by atoms with Crippen LogP contribution in [-0.4, -0.2) is 22.3 Å². The third kappa shape index (κ3) is 3.20. The average Bonchev–Trinajstić information content (AvgIpc) is 2.54. The molecule has 4 aliphatic rings. The summed E-state index contributed by atoms with van der Waals surface area (Å²) in [4.78, 5) is 13.1. The summed E-state index contributed by atoms with van der Waals surface area (Å²) in [5, 5.41) is 24.0. The first kappa shape index (κ1) is 19.2. The second-order valence-electron chi connectivity index (χ2n) is 9.57. The molecular formula is C20H24Br2N2O3. The van der Waals surface area contributed by atoms with Crippen molar-refractivity contribution in [2.75, 3.05) is 0 Å². The van der Waals surface area contributed by atoms with Crippen molar-refractivity contribution in [1.82, 2.24) is 5.43 Å². The first-order valence-corrected chi connectivity index (χ1v) is 10.9. The fraction of sp³-hybridized carbons (Fsp3) is 0.600. The van der Waals surface area contributed by atoms with Crippen LogP contribution < -0.4 is 5.43 Å². The first-order valence-electron chi connectivity index (χ1n) is 9.28. The van der Waals surface area contributed by atoms with E-state index in [1.807, 2.05) is 0 Å². The molecule has 1 aromatic rings. The third-order valence-electron chi connectivity index (χ3n) is 6.68. The number of nitrogens with zero attached hydrogens (tertiary/aromatic N) is 1. The van der Waals surface area contributed by atoms with Crippen molar-refractivity contribution in [3.8, 4) is 11.5 Å². The molecule has 1 aromatic carbocycles. The summed E-state index contributed by atoms with van der Waals surface area (Å²) in [7, 11) is 0. The Kier molecular flexibility index (Phi) is 4.43. The Morgan fingerprint density at radius 3 is 2.37 bits per heavy atom. The molecule has 0 heterocycles. The molecule has 7 heteroatoms. The molecule has 0 aromatic heterocycles. The molecule has 0 spiro atoms. The molecule has 5 rings (SSSR count). The van der Waals surface area contributed by atoms with E-state index in [0.29, 0.717) is 16.0 Å². The number of rotatable bonds is 3. The van der Waals surface area contributed by atoms with E-state index < -0.39 is 0 Å². The van der Waals surface area contributed by atoms with E-state index in [2.05, 4.69) is 56.2 Å². The van der Waals surface area contributed by atoms with E-state index in [1.54, 1.807) is 6.07 Å². The summed E-state index contributed by atoms with van der Waals surface area (Å²) in [6, 6.07) is 1.55. The number of carbonyl (C=O) groups excluding carboxylic acids is 1. The number of amides is 1. The fourth-order valence-corrected chi connectivity index (χ4v) is 7.85. The number of nitrogens with one attached hydrogen (secondary N) is 1. The minimum atomic E-state index is -0.321. The van der Waals surface area contributed by atoms with Gasteiger partial charge in [-0.15, -0.1) is 0 Å². The van der Waals surface area contributed by atoms with Gasteiger partial charge in [-0.2, -0.15) is 5.10 Å². The van der Waals surface area contributed by atoms with E-state index in [1.165, 1.54) is 25.5 Å². The summed E-state index contributed by atoms with van der Waals surface area (Å²) in [6.45, 7) is 4.68. The predicted octanol–water partition coefficient (Wildman–Crippen LogP) is 5.07. The van der Waals surface area contributed by atoms with Crippen molar-refractivity contribution >= 4 is 44.0 Å². The van der Waals surface area contributed by atoms with Crippen molar-refractivity contribution < 1.29 is 15.0 Å². The molecule has 0 saturated heterocycles. The maximum absolute atomic E-state index is 13.1. The van der Waals surface area contributed by atoms with Crippen molar-refractivity contribution in [2.24, 2.45) is 27.3 Å². The molecule has 3 N–H and O–H groups in total. The Labute approximate surface area is 175 Å². The van der Waals surface area contributed by atoms with E-state index in [9.17, 15) is 15.0 Å². The van der Waals surface area contributed by atoms with Gasteiger partial charge in [0.15, 0.2) is 0 Å². The number of hydrogen-bond donors (Lipinski definition) is 3. The lowest BCUT2D eigenvalue weighted by atomic mass is 9.40. The van der Waals surface area contributed by atoms with Gasteiger partial charge in [-0.3, -0.25) is 4.79 Å². The second-order valence-corrected chi connectivity index (χ2v) is 11.2. The monoisotopic (exact) mass is 498 g/mol. The summed E-state index contributed by atoms with van der Waals surface area (Å²) < 4.78 is 0.619. The van der Waals surface area contributed by atoms with Crippen molar-refractivity contribution in [3.63, 3.8) is 0 Å². The standard InChI is InChI=1S/C20H24Br2N2O3/c1-18-4-11-5-19(2,8-18)10-20(6-11,9-18)17(27)24-23-7-12-3-13(21)16(26)14(22)15(12)25/h3,7,11,25-26H,4-6,8-10H2,1-2H3,(H,24,27). The van der Waals surface area contributed by atoms with Gasteiger partial charge >= 0.3 is 0 Å². The van der Waals surface area contributed by atoms with Gasteiger partial charge in [-0.25, -0.2) is 5.43 Å². The summed E-state index contributed by atoms with van der Waals surface area (Å²) in [6.07, 6.45) is 7.95. The van der Waals surface area contributed by atoms with Gasteiger partial charge in [0.25, 0.3) is 0 Å². The Morgan fingerprint density at radius 2 is 1.78 bits per heavy atom. The first-order chi connectivity index (χ1) is 12.5. The SMILES string of the molecule is CC12CC3CC(C)(C1)CC(C(=O)NN=Cc1cc(Br)c(O)c(Br)c1O)(C3)C2. The fourth-order valence-electron chi connectivity index (χ4n) is 6.70. The molecule has 0 aliphatic heterocycles. The number of carbonyl (C=O) groups is 1. The van der Waals surface area contributed by atoms with E-state index in [-0.39, 0.29) is 38.1 Å².